The number of imidazole rings is 1. The summed E-state index contributed by atoms with van der Waals surface area (Å²) >= 11 is 0. The van der Waals surface area contributed by atoms with Crippen LogP contribution in [-0.4, -0.2) is 37.8 Å². The lowest BCUT2D eigenvalue weighted by Gasteiger charge is -2.28. The van der Waals surface area contributed by atoms with E-state index in [4.69, 9.17) is 0 Å². The molecule has 0 aliphatic heterocycles. The molecule has 2 amide bonds. The molecule has 23 heavy (non-hydrogen) atoms. The Bertz CT molecular complexity index is 629. The summed E-state index contributed by atoms with van der Waals surface area (Å²) in [5.74, 6) is 0.744. The zero-order chi connectivity index (χ0) is 16.7. The van der Waals surface area contributed by atoms with Crippen molar-refractivity contribution in [3.05, 3.63) is 42.6 Å². The number of pyridine rings is 1. The van der Waals surface area contributed by atoms with E-state index in [2.05, 4.69) is 20.6 Å². The monoisotopic (exact) mass is 317 g/mol. The number of amides is 2. The second-order valence-electron chi connectivity index (χ2n) is 5.77. The molecule has 0 aliphatic carbocycles. The van der Waals surface area contributed by atoms with E-state index in [1.165, 1.54) is 0 Å². The second-order valence-corrected chi connectivity index (χ2v) is 5.77. The van der Waals surface area contributed by atoms with E-state index >= 15 is 0 Å². The molecule has 2 aromatic heterocycles. The van der Waals surface area contributed by atoms with Crippen molar-refractivity contribution < 1.29 is 9.90 Å². The number of urea groups is 1. The highest BCUT2D eigenvalue weighted by molar-refractivity contribution is 5.74. The maximum Gasteiger partial charge on any atom is 0.315 e. The molecule has 0 fully saturated rings. The lowest BCUT2D eigenvalue weighted by Crippen LogP contribution is -2.52. The molecule has 0 unspecified atom stereocenters. The average Bonchev–Trinajstić information content (AvgIpc) is 3.08. The fraction of sp³-hybridized carbons (Fsp3) is 0.438. The van der Waals surface area contributed by atoms with Gasteiger partial charge in [-0.05, 0) is 31.0 Å². The first kappa shape index (κ1) is 17.0. The average molecular weight is 317 g/mol. The molecule has 7 heteroatoms. The fourth-order valence-corrected chi connectivity index (χ4v) is 2.34. The Hall–Kier alpha value is -2.41. The molecule has 124 valence electrons. The minimum atomic E-state index is -0.598. The van der Waals surface area contributed by atoms with E-state index < -0.39 is 5.54 Å². The number of carbonyl (C=O) groups excluding carboxylic acids is 1. The van der Waals surface area contributed by atoms with Crippen molar-refractivity contribution in [1.82, 2.24) is 25.2 Å². The SMILES string of the molecule is CCC[C@@](C)(CO)NC(=O)NCc1ccnc(-n2ccnc2)c1. The highest BCUT2D eigenvalue weighted by atomic mass is 16.3. The topological polar surface area (TPSA) is 92.1 Å². The predicted octanol–water partition coefficient (Wildman–Crippen LogP) is 1.62. The Morgan fingerprint density at radius 1 is 1.43 bits per heavy atom. The summed E-state index contributed by atoms with van der Waals surface area (Å²) in [7, 11) is 0. The van der Waals surface area contributed by atoms with Crippen molar-refractivity contribution in [2.24, 2.45) is 0 Å². The molecule has 2 aromatic rings. The minimum absolute atomic E-state index is 0.0890. The number of aromatic nitrogens is 3. The summed E-state index contributed by atoms with van der Waals surface area (Å²) < 4.78 is 1.80. The number of hydrogen-bond acceptors (Lipinski definition) is 4. The Morgan fingerprint density at radius 3 is 2.91 bits per heavy atom. The molecule has 0 saturated heterocycles. The number of hydrogen-bond donors (Lipinski definition) is 3. The Balaban J connectivity index is 1.93. The number of aliphatic hydroxyl groups is 1. The summed E-state index contributed by atoms with van der Waals surface area (Å²) in [5.41, 5.74) is 0.332. The largest absolute Gasteiger partial charge is 0.394 e. The molecule has 2 rings (SSSR count). The van der Waals surface area contributed by atoms with Crippen LogP contribution in [0.5, 0.6) is 0 Å². The number of nitrogens with one attached hydrogen (secondary N) is 2. The smallest absolute Gasteiger partial charge is 0.315 e. The van der Waals surface area contributed by atoms with Crippen LogP contribution in [0.25, 0.3) is 5.82 Å². The highest BCUT2D eigenvalue weighted by Gasteiger charge is 2.24. The number of aliphatic hydroxyl groups excluding tert-OH is 1. The summed E-state index contributed by atoms with van der Waals surface area (Å²) in [6, 6.07) is 3.44. The van der Waals surface area contributed by atoms with Gasteiger partial charge < -0.3 is 15.7 Å². The molecule has 7 nitrogen and oxygen atoms in total. The maximum absolute atomic E-state index is 12.0. The normalized spacial score (nSPS) is 13.3. The van der Waals surface area contributed by atoms with Crippen molar-refractivity contribution in [1.29, 1.82) is 0 Å². The van der Waals surface area contributed by atoms with Crippen LogP contribution in [0.15, 0.2) is 37.1 Å². The third-order valence-electron chi connectivity index (χ3n) is 3.60. The molecule has 0 bridgehead atoms. The van der Waals surface area contributed by atoms with E-state index in [-0.39, 0.29) is 12.6 Å². The number of carbonyl (C=O) groups is 1. The fourth-order valence-electron chi connectivity index (χ4n) is 2.34. The molecular weight excluding hydrogens is 294 g/mol. The first-order chi connectivity index (χ1) is 11.1. The summed E-state index contributed by atoms with van der Waals surface area (Å²) in [5, 5.41) is 15.1. The molecule has 1 atom stereocenters. The lowest BCUT2D eigenvalue weighted by molar-refractivity contribution is 0.163. The standard InChI is InChI=1S/C16H23N5O2/c1-3-5-16(2,11-22)20-15(23)19-10-13-4-6-18-14(9-13)21-8-7-17-12-21/h4,6-9,12,22H,3,5,10-11H2,1-2H3,(H2,19,20,23)/t16-/m0/s1. The molecule has 0 saturated carbocycles. The second kappa shape index (κ2) is 7.73. The Morgan fingerprint density at radius 2 is 2.26 bits per heavy atom. The van der Waals surface area contributed by atoms with Crippen LogP contribution in [0.3, 0.4) is 0 Å². The van der Waals surface area contributed by atoms with Crippen LogP contribution in [0, 0.1) is 0 Å². The van der Waals surface area contributed by atoms with Crippen LogP contribution in [0.2, 0.25) is 0 Å². The summed E-state index contributed by atoms with van der Waals surface area (Å²) in [4.78, 5) is 20.3. The molecular formula is C16H23N5O2. The van der Waals surface area contributed by atoms with Gasteiger partial charge in [0.1, 0.15) is 12.1 Å². The van der Waals surface area contributed by atoms with E-state index in [1.807, 2.05) is 32.2 Å². The van der Waals surface area contributed by atoms with Gasteiger partial charge in [0.05, 0.1) is 12.1 Å². The molecule has 3 N–H and O–H groups in total. The van der Waals surface area contributed by atoms with Crippen molar-refractivity contribution in [3.63, 3.8) is 0 Å². The third-order valence-corrected chi connectivity index (χ3v) is 3.60. The van der Waals surface area contributed by atoms with E-state index in [0.717, 1.165) is 24.2 Å². The quantitative estimate of drug-likeness (QED) is 0.723. The van der Waals surface area contributed by atoms with Crippen molar-refractivity contribution in [2.45, 2.75) is 38.8 Å². The first-order valence-corrected chi connectivity index (χ1v) is 7.66. The van der Waals surface area contributed by atoms with Gasteiger partial charge in [0, 0.05) is 25.1 Å². The molecule has 0 aliphatic rings. The highest BCUT2D eigenvalue weighted by Crippen LogP contribution is 2.11. The van der Waals surface area contributed by atoms with Gasteiger partial charge in [-0.25, -0.2) is 14.8 Å². The van der Waals surface area contributed by atoms with Gasteiger partial charge in [0.15, 0.2) is 0 Å². The first-order valence-electron chi connectivity index (χ1n) is 7.66. The Kier molecular flexibility index (Phi) is 5.70. The predicted molar refractivity (Wildman–Crippen MR) is 87.1 cm³/mol. The minimum Gasteiger partial charge on any atom is -0.394 e. The maximum atomic E-state index is 12.0. The van der Waals surface area contributed by atoms with E-state index in [1.54, 1.807) is 23.3 Å². The van der Waals surface area contributed by atoms with Gasteiger partial charge >= 0.3 is 6.03 Å². The molecule has 0 radical (unpaired) electrons. The Labute approximate surface area is 135 Å². The van der Waals surface area contributed by atoms with Crippen LogP contribution in [0.4, 0.5) is 4.79 Å². The van der Waals surface area contributed by atoms with Crippen molar-refractivity contribution in [2.75, 3.05) is 6.61 Å². The van der Waals surface area contributed by atoms with Gasteiger partial charge in [-0.2, -0.15) is 0 Å². The van der Waals surface area contributed by atoms with E-state index in [0.29, 0.717) is 6.54 Å². The number of nitrogens with zero attached hydrogens (tertiary/aromatic N) is 3. The van der Waals surface area contributed by atoms with Crippen LogP contribution in [0.1, 0.15) is 32.3 Å². The summed E-state index contributed by atoms with van der Waals surface area (Å²) in [6.45, 7) is 4.14. The van der Waals surface area contributed by atoms with E-state index in [9.17, 15) is 9.90 Å². The summed E-state index contributed by atoms with van der Waals surface area (Å²) in [6.07, 6.45) is 8.46. The lowest BCUT2D eigenvalue weighted by atomic mass is 9.98. The van der Waals surface area contributed by atoms with Gasteiger partial charge in [-0.1, -0.05) is 13.3 Å². The van der Waals surface area contributed by atoms with Crippen LogP contribution < -0.4 is 10.6 Å². The van der Waals surface area contributed by atoms with Crippen molar-refractivity contribution in [3.8, 4) is 5.82 Å². The van der Waals surface area contributed by atoms with Crippen molar-refractivity contribution >= 4 is 6.03 Å². The number of rotatable bonds is 7. The molecule has 2 heterocycles. The third kappa shape index (κ3) is 4.79. The molecule has 0 spiro atoms. The molecule has 0 aromatic carbocycles. The van der Waals surface area contributed by atoms with Gasteiger partial charge in [0.2, 0.25) is 0 Å². The zero-order valence-electron chi connectivity index (χ0n) is 13.5. The van der Waals surface area contributed by atoms with Gasteiger partial charge in [0.25, 0.3) is 0 Å². The van der Waals surface area contributed by atoms with Crippen LogP contribution >= 0.6 is 0 Å². The van der Waals surface area contributed by atoms with Crippen LogP contribution in [-0.2, 0) is 6.54 Å². The van der Waals surface area contributed by atoms with Gasteiger partial charge in [-0.3, -0.25) is 4.57 Å². The zero-order valence-corrected chi connectivity index (χ0v) is 13.5. The van der Waals surface area contributed by atoms with Gasteiger partial charge in [-0.15, -0.1) is 0 Å².